The van der Waals surface area contributed by atoms with Gasteiger partial charge < -0.3 is 9.47 Å². The Morgan fingerprint density at radius 3 is 2.40 bits per heavy atom. The van der Waals surface area contributed by atoms with E-state index in [1.54, 1.807) is 18.2 Å². The highest BCUT2D eigenvalue weighted by molar-refractivity contribution is 5.94. The van der Waals surface area contributed by atoms with E-state index in [4.69, 9.17) is 14.3 Å². The Balaban J connectivity index is 2.74. The van der Waals surface area contributed by atoms with E-state index in [2.05, 4.69) is 5.48 Å². The van der Waals surface area contributed by atoms with Crippen LogP contribution in [0.2, 0.25) is 0 Å². The Bertz CT molecular complexity index is 432. The van der Waals surface area contributed by atoms with Gasteiger partial charge in [-0.1, -0.05) is 13.8 Å². The van der Waals surface area contributed by atoms with E-state index in [0.29, 0.717) is 42.8 Å². The SMILES string of the molecule is CCOc1ccc(C(=O)NOCC(C)C)cc1OCC. The summed E-state index contributed by atoms with van der Waals surface area (Å²) < 4.78 is 10.9. The highest BCUT2D eigenvalue weighted by atomic mass is 16.6. The first-order chi connectivity index (χ1) is 9.58. The molecule has 0 saturated heterocycles. The zero-order valence-electron chi connectivity index (χ0n) is 12.6. The van der Waals surface area contributed by atoms with Crippen LogP contribution in [-0.2, 0) is 4.84 Å². The lowest BCUT2D eigenvalue weighted by atomic mass is 10.2. The van der Waals surface area contributed by atoms with Gasteiger partial charge in [-0.2, -0.15) is 0 Å². The fourth-order valence-corrected chi connectivity index (χ4v) is 1.53. The summed E-state index contributed by atoms with van der Waals surface area (Å²) in [7, 11) is 0. The summed E-state index contributed by atoms with van der Waals surface area (Å²) in [5.41, 5.74) is 2.89. The van der Waals surface area contributed by atoms with Gasteiger partial charge in [-0.25, -0.2) is 5.48 Å². The van der Waals surface area contributed by atoms with Crippen LogP contribution in [0.1, 0.15) is 38.1 Å². The number of hydrogen-bond acceptors (Lipinski definition) is 4. The van der Waals surface area contributed by atoms with Crippen molar-refractivity contribution < 1.29 is 19.1 Å². The van der Waals surface area contributed by atoms with Gasteiger partial charge in [0.2, 0.25) is 0 Å². The molecule has 0 aliphatic heterocycles. The third-order valence-corrected chi connectivity index (χ3v) is 2.39. The molecule has 1 amide bonds. The van der Waals surface area contributed by atoms with Crippen molar-refractivity contribution in [1.29, 1.82) is 0 Å². The van der Waals surface area contributed by atoms with E-state index in [1.807, 2.05) is 27.7 Å². The van der Waals surface area contributed by atoms with Crippen LogP contribution < -0.4 is 15.0 Å². The molecule has 0 fully saturated rings. The van der Waals surface area contributed by atoms with E-state index >= 15 is 0 Å². The molecule has 0 bridgehead atoms. The van der Waals surface area contributed by atoms with Crippen molar-refractivity contribution in [3.8, 4) is 11.5 Å². The number of amides is 1. The lowest BCUT2D eigenvalue weighted by Gasteiger charge is -2.12. The minimum atomic E-state index is -0.297. The molecule has 0 aromatic heterocycles. The van der Waals surface area contributed by atoms with Gasteiger partial charge in [-0.15, -0.1) is 0 Å². The number of hydroxylamine groups is 1. The second-order valence-electron chi connectivity index (χ2n) is 4.66. The van der Waals surface area contributed by atoms with Crippen LogP contribution >= 0.6 is 0 Å². The highest BCUT2D eigenvalue weighted by Gasteiger charge is 2.11. The molecule has 0 radical (unpaired) electrons. The van der Waals surface area contributed by atoms with Crippen LogP contribution in [0.4, 0.5) is 0 Å². The van der Waals surface area contributed by atoms with Crippen LogP contribution in [0.25, 0.3) is 0 Å². The number of carbonyl (C=O) groups is 1. The maximum Gasteiger partial charge on any atom is 0.274 e. The minimum Gasteiger partial charge on any atom is -0.490 e. The Morgan fingerprint density at radius 2 is 1.80 bits per heavy atom. The molecule has 112 valence electrons. The highest BCUT2D eigenvalue weighted by Crippen LogP contribution is 2.28. The zero-order valence-corrected chi connectivity index (χ0v) is 12.6. The Kier molecular flexibility index (Phi) is 6.87. The van der Waals surface area contributed by atoms with Gasteiger partial charge in [0.25, 0.3) is 5.91 Å². The Morgan fingerprint density at radius 1 is 1.15 bits per heavy atom. The second kappa shape index (κ2) is 8.43. The van der Waals surface area contributed by atoms with E-state index < -0.39 is 0 Å². The molecule has 0 heterocycles. The quantitative estimate of drug-likeness (QED) is 0.744. The molecule has 0 aliphatic carbocycles. The van der Waals surface area contributed by atoms with Crippen molar-refractivity contribution in [2.45, 2.75) is 27.7 Å². The Labute approximate surface area is 120 Å². The molecule has 1 aromatic rings. The summed E-state index contributed by atoms with van der Waals surface area (Å²) in [4.78, 5) is 17.0. The predicted octanol–water partition coefficient (Wildman–Crippen LogP) is 2.80. The smallest absolute Gasteiger partial charge is 0.274 e. The zero-order chi connectivity index (χ0) is 15.0. The van der Waals surface area contributed by atoms with Crippen molar-refractivity contribution in [3.05, 3.63) is 23.8 Å². The summed E-state index contributed by atoms with van der Waals surface area (Å²) in [5.74, 6) is 1.25. The van der Waals surface area contributed by atoms with Crippen molar-refractivity contribution in [1.82, 2.24) is 5.48 Å². The largest absolute Gasteiger partial charge is 0.490 e. The number of nitrogens with one attached hydrogen (secondary N) is 1. The molecule has 0 aliphatic rings. The number of benzene rings is 1. The summed E-state index contributed by atoms with van der Waals surface area (Å²) in [5, 5.41) is 0. The van der Waals surface area contributed by atoms with Gasteiger partial charge >= 0.3 is 0 Å². The first-order valence-electron chi connectivity index (χ1n) is 6.90. The molecule has 1 N–H and O–H groups in total. The van der Waals surface area contributed by atoms with Gasteiger partial charge in [0, 0.05) is 5.56 Å². The minimum absolute atomic E-state index is 0.297. The lowest BCUT2D eigenvalue weighted by Crippen LogP contribution is -2.25. The summed E-state index contributed by atoms with van der Waals surface area (Å²) >= 11 is 0. The van der Waals surface area contributed by atoms with E-state index in [9.17, 15) is 4.79 Å². The maximum atomic E-state index is 11.9. The number of hydrogen-bond donors (Lipinski definition) is 1. The van der Waals surface area contributed by atoms with E-state index in [-0.39, 0.29) is 5.91 Å². The monoisotopic (exact) mass is 281 g/mol. The predicted molar refractivity (Wildman–Crippen MR) is 77.0 cm³/mol. The van der Waals surface area contributed by atoms with Crippen LogP contribution in [0.15, 0.2) is 18.2 Å². The van der Waals surface area contributed by atoms with E-state index in [1.165, 1.54) is 0 Å². The summed E-state index contributed by atoms with van der Waals surface area (Å²) in [6.07, 6.45) is 0. The molecular formula is C15H23NO4. The van der Waals surface area contributed by atoms with Gasteiger partial charge in [-0.3, -0.25) is 9.63 Å². The average Bonchev–Trinajstić information content (AvgIpc) is 2.40. The molecule has 20 heavy (non-hydrogen) atoms. The molecule has 1 aromatic carbocycles. The normalized spacial score (nSPS) is 10.4. The van der Waals surface area contributed by atoms with Crippen LogP contribution in [0.5, 0.6) is 11.5 Å². The van der Waals surface area contributed by atoms with Crippen molar-refractivity contribution in [2.24, 2.45) is 5.92 Å². The fourth-order valence-electron chi connectivity index (χ4n) is 1.53. The fraction of sp³-hybridized carbons (Fsp3) is 0.533. The first-order valence-corrected chi connectivity index (χ1v) is 6.90. The average molecular weight is 281 g/mol. The summed E-state index contributed by atoms with van der Waals surface area (Å²) in [6.45, 7) is 9.33. The lowest BCUT2D eigenvalue weighted by molar-refractivity contribution is 0.0208. The second-order valence-corrected chi connectivity index (χ2v) is 4.66. The Hall–Kier alpha value is -1.75. The van der Waals surface area contributed by atoms with E-state index in [0.717, 1.165) is 0 Å². The number of rotatable bonds is 8. The first kappa shape index (κ1) is 16.3. The topological polar surface area (TPSA) is 56.8 Å². The van der Waals surface area contributed by atoms with Crippen LogP contribution in [0.3, 0.4) is 0 Å². The van der Waals surface area contributed by atoms with Gasteiger partial charge in [-0.05, 0) is 38.0 Å². The third-order valence-electron chi connectivity index (χ3n) is 2.39. The van der Waals surface area contributed by atoms with Crippen LogP contribution in [-0.4, -0.2) is 25.7 Å². The molecule has 0 saturated carbocycles. The van der Waals surface area contributed by atoms with Crippen molar-refractivity contribution >= 4 is 5.91 Å². The van der Waals surface area contributed by atoms with Crippen molar-refractivity contribution in [2.75, 3.05) is 19.8 Å². The molecular weight excluding hydrogens is 258 g/mol. The summed E-state index contributed by atoms with van der Waals surface area (Å²) in [6, 6.07) is 5.07. The van der Waals surface area contributed by atoms with Crippen molar-refractivity contribution in [3.63, 3.8) is 0 Å². The molecule has 0 atom stereocenters. The molecule has 1 rings (SSSR count). The van der Waals surface area contributed by atoms with Gasteiger partial charge in [0.15, 0.2) is 11.5 Å². The number of ether oxygens (including phenoxy) is 2. The number of carbonyl (C=O) groups excluding carboxylic acids is 1. The molecule has 0 unspecified atom stereocenters. The maximum absolute atomic E-state index is 11.9. The molecule has 5 heteroatoms. The van der Waals surface area contributed by atoms with Gasteiger partial charge in [0.05, 0.1) is 19.8 Å². The van der Waals surface area contributed by atoms with Crippen LogP contribution in [0, 0.1) is 5.92 Å². The third kappa shape index (κ3) is 5.09. The molecule has 5 nitrogen and oxygen atoms in total. The van der Waals surface area contributed by atoms with Gasteiger partial charge in [0.1, 0.15) is 0 Å². The molecule has 0 spiro atoms. The standard InChI is InChI=1S/C15H23NO4/c1-5-18-13-8-7-12(9-14(13)19-6-2)15(17)16-20-10-11(3)4/h7-9,11H,5-6,10H2,1-4H3,(H,16,17).